The van der Waals surface area contributed by atoms with Crippen LogP contribution in [0.25, 0.3) is 10.9 Å². The van der Waals surface area contributed by atoms with Crippen LogP contribution in [0.1, 0.15) is 41.6 Å². The van der Waals surface area contributed by atoms with E-state index in [2.05, 4.69) is 53.6 Å². The van der Waals surface area contributed by atoms with E-state index in [4.69, 9.17) is 16.6 Å². The van der Waals surface area contributed by atoms with Gasteiger partial charge in [-0.05, 0) is 61.8 Å². The highest BCUT2D eigenvalue weighted by Gasteiger charge is 2.26. The maximum Gasteiger partial charge on any atom is 0.155 e. The number of anilines is 1. The molecule has 0 saturated heterocycles. The highest BCUT2D eigenvalue weighted by atomic mass is 35.5. The van der Waals surface area contributed by atoms with Crippen molar-refractivity contribution in [2.75, 3.05) is 11.4 Å². The molecule has 0 bridgehead atoms. The van der Waals surface area contributed by atoms with Gasteiger partial charge in [-0.15, -0.1) is 0 Å². The molecule has 5 rings (SSSR count). The molecule has 27 heavy (non-hydrogen) atoms. The van der Waals surface area contributed by atoms with Gasteiger partial charge in [-0.1, -0.05) is 42.3 Å². The van der Waals surface area contributed by atoms with Gasteiger partial charge in [-0.2, -0.15) is 0 Å². The predicted octanol–water partition coefficient (Wildman–Crippen LogP) is 5.67. The van der Waals surface area contributed by atoms with E-state index in [1.807, 2.05) is 0 Å². The number of halogens is 1. The maximum absolute atomic E-state index is 6.47. The van der Waals surface area contributed by atoms with Gasteiger partial charge >= 0.3 is 0 Å². The van der Waals surface area contributed by atoms with E-state index in [9.17, 15) is 0 Å². The van der Waals surface area contributed by atoms with Gasteiger partial charge < -0.3 is 9.47 Å². The van der Waals surface area contributed by atoms with Gasteiger partial charge in [0.15, 0.2) is 5.82 Å². The standard InChI is InChI=1S/C23H26ClN3/c1-15-16(2)27(13-17-6-5-7-17)22-20(15)12-21(24)25-23(22)26-11-10-18-8-3-4-9-19(18)14-26/h3-4,8-9,12,17H,5-7,10-11,13-14H2,1-2H3. The number of aryl methyl sites for hydroxylation is 1. The predicted molar refractivity (Wildman–Crippen MR) is 113 cm³/mol. The molecule has 0 unspecified atom stereocenters. The minimum Gasteiger partial charge on any atom is -0.350 e. The second kappa shape index (κ2) is 6.56. The maximum atomic E-state index is 6.47. The van der Waals surface area contributed by atoms with Crippen molar-refractivity contribution in [3.05, 3.63) is 57.9 Å². The summed E-state index contributed by atoms with van der Waals surface area (Å²) in [5, 5.41) is 1.86. The Labute approximate surface area is 166 Å². The zero-order valence-corrected chi connectivity index (χ0v) is 16.9. The molecular formula is C23H26ClN3. The van der Waals surface area contributed by atoms with E-state index in [1.54, 1.807) is 0 Å². The van der Waals surface area contributed by atoms with Crippen LogP contribution in [0.2, 0.25) is 5.15 Å². The zero-order chi connectivity index (χ0) is 18.5. The van der Waals surface area contributed by atoms with Crippen LogP contribution in [0.4, 0.5) is 5.82 Å². The van der Waals surface area contributed by atoms with Crippen LogP contribution >= 0.6 is 11.6 Å². The number of rotatable bonds is 3. The van der Waals surface area contributed by atoms with Crippen molar-refractivity contribution >= 4 is 28.3 Å². The summed E-state index contributed by atoms with van der Waals surface area (Å²) in [5.74, 6) is 1.87. The third kappa shape index (κ3) is 2.84. The molecule has 1 fully saturated rings. The van der Waals surface area contributed by atoms with Crippen LogP contribution in [-0.4, -0.2) is 16.1 Å². The van der Waals surface area contributed by atoms with Crippen LogP contribution in [-0.2, 0) is 19.5 Å². The topological polar surface area (TPSA) is 21.1 Å². The summed E-state index contributed by atoms with van der Waals surface area (Å²) in [6, 6.07) is 10.8. The van der Waals surface area contributed by atoms with Gasteiger partial charge in [0.25, 0.3) is 0 Å². The molecule has 1 saturated carbocycles. The smallest absolute Gasteiger partial charge is 0.155 e. The molecule has 0 radical (unpaired) electrons. The van der Waals surface area contributed by atoms with Crippen molar-refractivity contribution in [1.82, 2.24) is 9.55 Å². The number of hydrogen-bond acceptors (Lipinski definition) is 2. The number of pyridine rings is 1. The molecule has 1 aliphatic carbocycles. The van der Waals surface area contributed by atoms with E-state index in [0.717, 1.165) is 37.8 Å². The zero-order valence-electron chi connectivity index (χ0n) is 16.1. The molecule has 1 aromatic carbocycles. The number of hydrogen-bond donors (Lipinski definition) is 0. The lowest BCUT2D eigenvalue weighted by Crippen LogP contribution is -2.31. The number of fused-ring (bicyclic) bond motifs is 2. The summed E-state index contributed by atoms with van der Waals surface area (Å²) in [4.78, 5) is 7.26. The van der Waals surface area contributed by atoms with Crippen LogP contribution < -0.4 is 4.90 Å². The number of aromatic nitrogens is 2. The first-order chi connectivity index (χ1) is 13.1. The van der Waals surface area contributed by atoms with Crippen molar-refractivity contribution in [3.8, 4) is 0 Å². The Kier molecular flexibility index (Phi) is 4.16. The third-order valence-electron chi connectivity index (χ3n) is 6.66. The monoisotopic (exact) mass is 379 g/mol. The minimum atomic E-state index is 0.597. The molecule has 3 heterocycles. The van der Waals surface area contributed by atoms with Gasteiger partial charge in [0, 0.05) is 30.7 Å². The van der Waals surface area contributed by atoms with Crippen molar-refractivity contribution < 1.29 is 0 Å². The van der Waals surface area contributed by atoms with Gasteiger partial charge in [-0.3, -0.25) is 0 Å². The molecule has 0 amide bonds. The Morgan fingerprint density at radius 3 is 2.67 bits per heavy atom. The molecule has 1 aliphatic heterocycles. The molecule has 3 nitrogen and oxygen atoms in total. The fourth-order valence-electron chi connectivity index (χ4n) is 4.67. The lowest BCUT2D eigenvalue weighted by Gasteiger charge is -2.32. The quantitative estimate of drug-likeness (QED) is 0.546. The first-order valence-electron chi connectivity index (χ1n) is 10.1. The lowest BCUT2D eigenvalue weighted by atomic mass is 9.85. The first-order valence-corrected chi connectivity index (χ1v) is 10.5. The molecular weight excluding hydrogens is 354 g/mol. The fraction of sp³-hybridized carbons (Fsp3) is 0.435. The number of benzene rings is 1. The Morgan fingerprint density at radius 1 is 1.15 bits per heavy atom. The van der Waals surface area contributed by atoms with Gasteiger partial charge in [0.1, 0.15) is 5.15 Å². The Morgan fingerprint density at radius 2 is 1.93 bits per heavy atom. The summed E-state index contributed by atoms with van der Waals surface area (Å²) in [5.41, 5.74) is 6.85. The molecule has 0 atom stereocenters. The average Bonchev–Trinajstić information content (AvgIpc) is 2.88. The summed E-state index contributed by atoms with van der Waals surface area (Å²) < 4.78 is 2.52. The molecule has 4 heteroatoms. The van der Waals surface area contributed by atoms with Crippen LogP contribution in [0.15, 0.2) is 30.3 Å². The summed E-state index contributed by atoms with van der Waals surface area (Å²) in [6.45, 7) is 7.48. The largest absolute Gasteiger partial charge is 0.350 e. The van der Waals surface area contributed by atoms with Crippen molar-refractivity contribution in [2.24, 2.45) is 5.92 Å². The van der Waals surface area contributed by atoms with Gasteiger partial charge in [0.2, 0.25) is 0 Å². The van der Waals surface area contributed by atoms with Gasteiger partial charge in [0.05, 0.1) is 5.52 Å². The highest BCUT2D eigenvalue weighted by molar-refractivity contribution is 6.30. The first kappa shape index (κ1) is 17.1. The summed E-state index contributed by atoms with van der Waals surface area (Å²) in [7, 11) is 0. The highest BCUT2D eigenvalue weighted by Crippen LogP contribution is 2.38. The molecule has 140 valence electrons. The molecule has 2 aromatic heterocycles. The van der Waals surface area contributed by atoms with E-state index >= 15 is 0 Å². The Balaban J connectivity index is 1.64. The van der Waals surface area contributed by atoms with Crippen molar-refractivity contribution in [1.29, 1.82) is 0 Å². The van der Waals surface area contributed by atoms with Crippen LogP contribution in [0.5, 0.6) is 0 Å². The molecule has 2 aliphatic rings. The minimum absolute atomic E-state index is 0.597. The second-order valence-electron chi connectivity index (χ2n) is 8.22. The molecule has 0 N–H and O–H groups in total. The third-order valence-corrected chi connectivity index (χ3v) is 6.85. The van der Waals surface area contributed by atoms with E-state index in [0.29, 0.717) is 5.15 Å². The normalized spacial score (nSPS) is 17.2. The SMILES string of the molecule is Cc1c(C)n(CC2CCC2)c2c(N3CCc4ccccc4C3)nc(Cl)cc12. The van der Waals surface area contributed by atoms with E-state index in [-0.39, 0.29) is 0 Å². The number of nitrogens with zero attached hydrogens (tertiary/aromatic N) is 3. The second-order valence-corrected chi connectivity index (χ2v) is 8.61. The molecule has 3 aromatic rings. The molecule has 0 spiro atoms. The Hall–Kier alpha value is -2.00. The lowest BCUT2D eigenvalue weighted by molar-refractivity contribution is 0.278. The van der Waals surface area contributed by atoms with Gasteiger partial charge in [-0.25, -0.2) is 4.98 Å². The van der Waals surface area contributed by atoms with E-state index in [1.165, 1.54) is 52.5 Å². The summed E-state index contributed by atoms with van der Waals surface area (Å²) >= 11 is 6.47. The average molecular weight is 380 g/mol. The van der Waals surface area contributed by atoms with Crippen molar-refractivity contribution in [2.45, 2.75) is 52.6 Å². The van der Waals surface area contributed by atoms with Crippen LogP contribution in [0.3, 0.4) is 0 Å². The van der Waals surface area contributed by atoms with Crippen LogP contribution in [0, 0.1) is 19.8 Å². The Bertz CT molecular complexity index is 1020. The van der Waals surface area contributed by atoms with Crippen molar-refractivity contribution in [3.63, 3.8) is 0 Å². The van der Waals surface area contributed by atoms with E-state index < -0.39 is 0 Å². The summed E-state index contributed by atoms with van der Waals surface area (Å²) in [6.07, 6.45) is 5.14. The fourth-order valence-corrected chi connectivity index (χ4v) is 4.86.